The van der Waals surface area contributed by atoms with Crippen LogP contribution in [0.1, 0.15) is 25.3 Å². The van der Waals surface area contributed by atoms with Gasteiger partial charge < -0.3 is 15.0 Å². The number of ether oxygens (including phenoxy) is 1. The van der Waals surface area contributed by atoms with E-state index in [2.05, 4.69) is 47.9 Å². The molecular weight excluding hydrogens is 401 g/mol. The number of rotatable bonds is 10. The molecule has 0 atom stereocenters. The summed E-state index contributed by atoms with van der Waals surface area (Å²) in [5.74, 6) is 0.940. The Kier molecular flexibility index (Phi) is 13.8. The van der Waals surface area contributed by atoms with E-state index in [1.54, 1.807) is 0 Å². The fraction of sp³-hybridized carbons (Fsp3) is 0.500. The molecule has 0 spiro atoms. The zero-order valence-corrected chi connectivity index (χ0v) is 16.7. The number of halogens is 1. The molecule has 5 heteroatoms. The Hall–Kier alpha value is -1.08. The lowest BCUT2D eigenvalue weighted by Crippen LogP contribution is -2.39. The summed E-state index contributed by atoms with van der Waals surface area (Å²) in [6.45, 7) is 9.62. The van der Waals surface area contributed by atoms with Gasteiger partial charge in [0.2, 0.25) is 0 Å². The van der Waals surface area contributed by atoms with Gasteiger partial charge in [0, 0.05) is 20.1 Å². The second-order valence-electron chi connectivity index (χ2n) is 5.13. The smallest absolute Gasteiger partial charge is 0.193 e. The topological polar surface area (TPSA) is 36.9 Å². The van der Waals surface area contributed by atoms with Gasteiger partial charge in [-0.05, 0) is 25.3 Å². The van der Waals surface area contributed by atoms with Gasteiger partial charge in [-0.1, -0.05) is 36.4 Å². The standard InChI is InChI=1S/C18H29N3O.HI/c1-4-6-10-14-21(3)18(19-5-2)20-13-15-22-16-17-11-8-7-9-12-17;/h4,7-9,11-12H,1,5-6,10,13-16H2,2-3H3,(H,19,20);1H. The summed E-state index contributed by atoms with van der Waals surface area (Å²) in [7, 11) is 2.06. The maximum Gasteiger partial charge on any atom is 0.193 e. The van der Waals surface area contributed by atoms with Crippen molar-refractivity contribution in [2.45, 2.75) is 26.4 Å². The minimum Gasteiger partial charge on any atom is -0.375 e. The normalized spacial score (nSPS) is 10.8. The molecule has 130 valence electrons. The lowest BCUT2D eigenvalue weighted by atomic mass is 10.2. The number of nitrogens with one attached hydrogen (secondary N) is 1. The zero-order chi connectivity index (χ0) is 16.0. The van der Waals surface area contributed by atoms with Gasteiger partial charge in [0.25, 0.3) is 0 Å². The molecule has 23 heavy (non-hydrogen) atoms. The Morgan fingerprint density at radius 2 is 2.09 bits per heavy atom. The summed E-state index contributed by atoms with van der Waals surface area (Å²) in [5.41, 5.74) is 1.19. The van der Waals surface area contributed by atoms with Crippen LogP contribution in [-0.2, 0) is 11.3 Å². The molecule has 1 rings (SSSR count). The molecule has 0 fully saturated rings. The Bertz CT molecular complexity index is 437. The first-order valence-corrected chi connectivity index (χ1v) is 8.00. The molecule has 0 bridgehead atoms. The molecule has 0 saturated carbocycles. The molecule has 0 aliphatic rings. The van der Waals surface area contributed by atoms with E-state index in [1.165, 1.54) is 5.56 Å². The molecule has 0 radical (unpaired) electrons. The molecule has 0 amide bonds. The van der Waals surface area contributed by atoms with Gasteiger partial charge in [-0.2, -0.15) is 0 Å². The van der Waals surface area contributed by atoms with Gasteiger partial charge in [0.05, 0.1) is 19.8 Å². The Morgan fingerprint density at radius 1 is 1.35 bits per heavy atom. The first-order chi connectivity index (χ1) is 10.8. The van der Waals surface area contributed by atoms with Crippen molar-refractivity contribution in [3.8, 4) is 0 Å². The van der Waals surface area contributed by atoms with Crippen molar-refractivity contribution in [2.75, 3.05) is 33.3 Å². The van der Waals surface area contributed by atoms with Crippen LogP contribution in [0.25, 0.3) is 0 Å². The largest absolute Gasteiger partial charge is 0.375 e. The van der Waals surface area contributed by atoms with Crippen molar-refractivity contribution in [3.05, 3.63) is 48.6 Å². The van der Waals surface area contributed by atoms with Gasteiger partial charge in [-0.3, -0.25) is 4.99 Å². The summed E-state index contributed by atoms with van der Waals surface area (Å²) >= 11 is 0. The Balaban J connectivity index is 0.00000484. The molecule has 0 unspecified atom stereocenters. The molecule has 0 saturated heterocycles. The number of hydrogen-bond donors (Lipinski definition) is 1. The molecule has 1 N–H and O–H groups in total. The SMILES string of the molecule is C=CCCCN(C)C(=NCCOCc1ccccc1)NCC.I. The number of allylic oxidation sites excluding steroid dienone is 1. The van der Waals surface area contributed by atoms with Crippen molar-refractivity contribution in [1.29, 1.82) is 0 Å². The number of guanidine groups is 1. The summed E-state index contributed by atoms with van der Waals surface area (Å²) in [6.07, 6.45) is 4.08. The second kappa shape index (κ2) is 14.5. The summed E-state index contributed by atoms with van der Waals surface area (Å²) < 4.78 is 5.66. The van der Waals surface area contributed by atoms with Crippen LogP contribution >= 0.6 is 24.0 Å². The number of unbranched alkanes of at least 4 members (excludes halogenated alkanes) is 1. The van der Waals surface area contributed by atoms with Gasteiger partial charge in [-0.15, -0.1) is 30.6 Å². The highest BCUT2D eigenvalue weighted by Crippen LogP contribution is 2.00. The van der Waals surface area contributed by atoms with E-state index >= 15 is 0 Å². The minimum absolute atomic E-state index is 0. The van der Waals surface area contributed by atoms with Crippen LogP contribution in [0.3, 0.4) is 0 Å². The third-order valence-electron chi connectivity index (χ3n) is 3.21. The van der Waals surface area contributed by atoms with Gasteiger partial charge >= 0.3 is 0 Å². The van der Waals surface area contributed by atoms with Crippen molar-refractivity contribution >= 4 is 29.9 Å². The maximum atomic E-state index is 5.66. The molecule has 0 aliphatic heterocycles. The average molecular weight is 431 g/mol. The summed E-state index contributed by atoms with van der Waals surface area (Å²) in [6, 6.07) is 10.2. The van der Waals surface area contributed by atoms with Gasteiger partial charge in [-0.25, -0.2) is 0 Å². The Labute approximate surface area is 158 Å². The monoisotopic (exact) mass is 431 g/mol. The van der Waals surface area contributed by atoms with Crippen molar-refractivity contribution < 1.29 is 4.74 Å². The highest BCUT2D eigenvalue weighted by Gasteiger charge is 2.04. The van der Waals surface area contributed by atoms with Crippen LogP contribution in [0.4, 0.5) is 0 Å². The second-order valence-corrected chi connectivity index (χ2v) is 5.13. The van der Waals surface area contributed by atoms with Crippen LogP contribution in [0.15, 0.2) is 48.0 Å². The molecule has 0 aromatic heterocycles. The number of nitrogens with zero attached hydrogens (tertiary/aromatic N) is 2. The third-order valence-corrected chi connectivity index (χ3v) is 3.21. The fourth-order valence-corrected chi connectivity index (χ4v) is 2.03. The lowest BCUT2D eigenvalue weighted by molar-refractivity contribution is 0.128. The fourth-order valence-electron chi connectivity index (χ4n) is 2.03. The van der Waals surface area contributed by atoms with Crippen LogP contribution in [0, 0.1) is 0 Å². The van der Waals surface area contributed by atoms with E-state index in [4.69, 9.17) is 4.74 Å². The summed E-state index contributed by atoms with van der Waals surface area (Å²) in [4.78, 5) is 6.76. The number of aliphatic imine (C=N–C) groups is 1. The van der Waals surface area contributed by atoms with Crippen LogP contribution in [0.2, 0.25) is 0 Å². The van der Waals surface area contributed by atoms with Crippen LogP contribution in [0.5, 0.6) is 0 Å². The van der Waals surface area contributed by atoms with Crippen molar-refractivity contribution in [3.63, 3.8) is 0 Å². The third kappa shape index (κ3) is 10.3. The van der Waals surface area contributed by atoms with E-state index in [9.17, 15) is 0 Å². The van der Waals surface area contributed by atoms with Crippen molar-refractivity contribution in [1.82, 2.24) is 10.2 Å². The van der Waals surface area contributed by atoms with E-state index in [1.807, 2.05) is 24.3 Å². The lowest BCUT2D eigenvalue weighted by Gasteiger charge is -2.21. The highest BCUT2D eigenvalue weighted by atomic mass is 127. The van der Waals surface area contributed by atoms with Gasteiger partial charge in [0.1, 0.15) is 0 Å². The van der Waals surface area contributed by atoms with E-state index in [0.717, 1.165) is 31.9 Å². The Morgan fingerprint density at radius 3 is 2.74 bits per heavy atom. The van der Waals surface area contributed by atoms with Crippen molar-refractivity contribution in [2.24, 2.45) is 4.99 Å². The van der Waals surface area contributed by atoms with E-state index in [-0.39, 0.29) is 24.0 Å². The van der Waals surface area contributed by atoms with Gasteiger partial charge in [0.15, 0.2) is 5.96 Å². The number of benzene rings is 1. The van der Waals surface area contributed by atoms with Crippen LogP contribution < -0.4 is 5.32 Å². The summed E-state index contributed by atoms with van der Waals surface area (Å²) in [5, 5.41) is 3.31. The van der Waals surface area contributed by atoms with Crippen LogP contribution in [-0.4, -0.2) is 44.1 Å². The van der Waals surface area contributed by atoms with E-state index < -0.39 is 0 Å². The van der Waals surface area contributed by atoms with E-state index in [0.29, 0.717) is 19.8 Å². The molecule has 4 nitrogen and oxygen atoms in total. The quantitative estimate of drug-likeness (QED) is 0.202. The molecule has 1 aromatic rings. The maximum absolute atomic E-state index is 5.66. The minimum atomic E-state index is 0. The molecular formula is C18H30IN3O. The predicted octanol–water partition coefficient (Wildman–Crippen LogP) is 3.68. The predicted molar refractivity (Wildman–Crippen MR) is 110 cm³/mol. The zero-order valence-electron chi connectivity index (χ0n) is 14.3. The first kappa shape index (κ1) is 21.9. The molecule has 0 heterocycles. The highest BCUT2D eigenvalue weighted by molar-refractivity contribution is 14.0. The first-order valence-electron chi connectivity index (χ1n) is 8.00. The number of hydrogen-bond acceptors (Lipinski definition) is 2. The molecule has 0 aliphatic carbocycles. The average Bonchev–Trinajstić information content (AvgIpc) is 2.54. The molecule has 1 aromatic carbocycles.